The van der Waals surface area contributed by atoms with Crippen LogP contribution in [0.25, 0.3) is 0 Å². The van der Waals surface area contributed by atoms with Crippen LogP contribution < -0.4 is 16.4 Å². The Balaban J connectivity index is 0.00000431. The number of ether oxygens (including phenoxy) is 2. The average molecular weight is 590 g/mol. The van der Waals surface area contributed by atoms with Gasteiger partial charge in [-0.05, 0) is 63.0 Å². The third-order valence-corrected chi connectivity index (χ3v) is 6.22. The molecule has 1 saturated carbocycles. The van der Waals surface area contributed by atoms with E-state index in [4.69, 9.17) is 10.5 Å². The summed E-state index contributed by atoms with van der Waals surface area (Å²) in [4.78, 5) is 49.7. The Morgan fingerprint density at radius 1 is 1.07 bits per heavy atom. The van der Waals surface area contributed by atoms with Gasteiger partial charge in [0.05, 0.1) is 7.11 Å². The monoisotopic (exact) mass is 589 g/mol. The largest absolute Gasteiger partial charge is 0.469 e. The number of halogens is 2. The molecule has 4 N–H and O–H groups in total. The van der Waals surface area contributed by atoms with Crippen molar-refractivity contribution < 1.29 is 37.4 Å². The zero-order valence-corrected chi connectivity index (χ0v) is 25.3. The summed E-state index contributed by atoms with van der Waals surface area (Å²) in [5.74, 6) is -10.1. The van der Waals surface area contributed by atoms with Gasteiger partial charge in [0.15, 0.2) is 0 Å². The van der Waals surface area contributed by atoms with E-state index in [1.165, 1.54) is 32.1 Å². The number of Topliss-reactive ketones (excluding diaryl/α,β-unsaturated/α-hetero) is 1. The lowest BCUT2D eigenvalue weighted by Crippen LogP contribution is -2.31. The summed E-state index contributed by atoms with van der Waals surface area (Å²) < 4.78 is 37.8. The van der Waals surface area contributed by atoms with Gasteiger partial charge in [-0.25, -0.2) is 13.6 Å². The van der Waals surface area contributed by atoms with Crippen molar-refractivity contribution in [1.82, 2.24) is 10.6 Å². The van der Waals surface area contributed by atoms with Gasteiger partial charge in [-0.1, -0.05) is 57.2 Å². The second-order valence-electron chi connectivity index (χ2n) is 9.34. The lowest BCUT2D eigenvalue weighted by atomic mass is 10.0. The molecule has 2 rings (SSSR count). The first-order valence-corrected chi connectivity index (χ1v) is 13.6. The quantitative estimate of drug-likeness (QED) is 0.175. The van der Waals surface area contributed by atoms with Crippen molar-refractivity contribution in [2.45, 2.75) is 66.9 Å². The van der Waals surface area contributed by atoms with E-state index in [1.54, 1.807) is 13.0 Å². The Labute approximate surface area is 245 Å². The first-order chi connectivity index (χ1) is 19.8. The van der Waals surface area contributed by atoms with Gasteiger partial charge in [0.25, 0.3) is 5.92 Å². The number of hydrogen-bond donors (Lipinski definition) is 3. The number of nitrogens with two attached hydrogens (primary N) is 1. The molecular weight excluding hydrogens is 548 g/mol. The number of carbonyl (C=O) groups excluding carboxylic acids is 4. The van der Waals surface area contributed by atoms with E-state index in [1.807, 2.05) is 52.0 Å². The summed E-state index contributed by atoms with van der Waals surface area (Å²) in [7, 11) is 0.969. The molecule has 3 unspecified atom stereocenters. The zero-order chi connectivity index (χ0) is 32.2. The minimum atomic E-state index is -3.52. The number of hydrogen-bond acceptors (Lipinski definition) is 7. The number of carbonyl (C=O) groups is 4. The topological polar surface area (TPSA) is 137 Å². The third kappa shape index (κ3) is 9.39. The highest BCUT2D eigenvalue weighted by Crippen LogP contribution is 2.55. The van der Waals surface area contributed by atoms with Crippen LogP contribution in [-0.4, -0.2) is 36.8 Å². The van der Waals surface area contributed by atoms with Crippen molar-refractivity contribution in [3.8, 4) is 0 Å². The number of benzene rings is 1. The molecule has 1 aliphatic rings. The molecule has 0 aliphatic heterocycles. The van der Waals surface area contributed by atoms with Crippen LogP contribution in [-0.2, 0) is 23.9 Å². The van der Waals surface area contributed by atoms with Crippen LogP contribution >= 0.6 is 0 Å². The first-order valence-electron chi connectivity index (χ1n) is 13.6. The van der Waals surface area contributed by atoms with E-state index in [0.29, 0.717) is 6.42 Å². The second kappa shape index (κ2) is 16.2. The lowest BCUT2D eigenvalue weighted by molar-refractivity contribution is -0.145. The van der Waals surface area contributed by atoms with Crippen LogP contribution in [0.3, 0.4) is 0 Å². The second-order valence-corrected chi connectivity index (χ2v) is 9.34. The van der Waals surface area contributed by atoms with Crippen LogP contribution in [0.2, 0.25) is 0 Å². The van der Waals surface area contributed by atoms with Gasteiger partial charge in [0.2, 0.25) is 11.7 Å². The molecule has 1 fully saturated rings. The molecule has 0 aromatic heterocycles. The Hall–Kier alpha value is -4.28. The number of methoxy groups -OCH3 is 1. The highest BCUT2D eigenvalue weighted by Gasteiger charge is 2.76. The number of rotatable bonds is 11. The van der Waals surface area contributed by atoms with E-state index < -0.39 is 47.6 Å². The fourth-order valence-corrected chi connectivity index (χ4v) is 3.90. The molecule has 0 radical (unpaired) electrons. The maximum atomic E-state index is 14.0. The van der Waals surface area contributed by atoms with Crippen LogP contribution in [0.5, 0.6) is 0 Å². The Bertz CT molecular complexity index is 1280. The standard InChI is InChI=1S/C29H35F2N3O6.C2H6/c1-7-8-12-20(33-26(36)22-23(27(37)39-6)29(22,30)31)15-14-17(3)25(35)24(18(4)32)34-28(38)40-19(5)21-13-10-9-11-16(21)2;1-2/h8-15,19,22-23H,7,32H2,1-6H3,(H,33,36)(H,34,38);1-2H3/b12-8+,17-14+,20-15+,24-18+;. The van der Waals surface area contributed by atoms with Gasteiger partial charge >= 0.3 is 12.1 Å². The summed E-state index contributed by atoms with van der Waals surface area (Å²) in [5, 5.41) is 4.76. The number of nitrogens with one attached hydrogen (secondary N) is 2. The summed E-state index contributed by atoms with van der Waals surface area (Å²) in [5.41, 5.74) is 7.66. The molecule has 1 aliphatic carbocycles. The number of esters is 1. The molecule has 1 aromatic carbocycles. The predicted octanol–water partition coefficient (Wildman–Crippen LogP) is 5.53. The van der Waals surface area contributed by atoms with Crippen LogP contribution in [0.4, 0.5) is 13.6 Å². The number of aryl methyl sites for hydroxylation is 1. The van der Waals surface area contributed by atoms with E-state index >= 15 is 0 Å². The molecule has 3 atom stereocenters. The number of amides is 2. The maximum Gasteiger partial charge on any atom is 0.412 e. The molecule has 1 aromatic rings. The summed E-state index contributed by atoms with van der Waals surface area (Å²) >= 11 is 0. The Morgan fingerprint density at radius 3 is 2.24 bits per heavy atom. The highest BCUT2D eigenvalue weighted by molar-refractivity contribution is 6.09. The Kier molecular flexibility index (Phi) is 13.8. The SMILES string of the molecule is CC.CC/C=C/C(=C\C=C(/C)C(=O)/C(NC(=O)OC(C)c1ccccc1C)=C(/C)N)NC(=O)C1C(C(=O)OC)C1(F)F. The van der Waals surface area contributed by atoms with Gasteiger partial charge < -0.3 is 20.5 Å². The van der Waals surface area contributed by atoms with E-state index in [9.17, 15) is 28.0 Å². The van der Waals surface area contributed by atoms with Crippen molar-refractivity contribution in [3.05, 3.63) is 82.4 Å². The molecule has 2 amide bonds. The average Bonchev–Trinajstić information content (AvgIpc) is 3.54. The highest BCUT2D eigenvalue weighted by atomic mass is 19.3. The smallest absolute Gasteiger partial charge is 0.412 e. The minimum absolute atomic E-state index is 0.0337. The van der Waals surface area contributed by atoms with Crippen molar-refractivity contribution in [1.29, 1.82) is 0 Å². The first kappa shape index (κ1) is 35.7. The van der Waals surface area contributed by atoms with Gasteiger partial charge in [-0.2, -0.15) is 0 Å². The third-order valence-electron chi connectivity index (χ3n) is 6.22. The van der Waals surface area contributed by atoms with Crippen LogP contribution in [0.15, 0.2) is 71.2 Å². The molecule has 9 nitrogen and oxygen atoms in total. The molecular formula is C31H41F2N3O6. The fourth-order valence-electron chi connectivity index (χ4n) is 3.90. The van der Waals surface area contributed by atoms with Crippen LogP contribution in [0, 0.1) is 18.8 Å². The summed E-state index contributed by atoms with van der Waals surface area (Å²) in [6.45, 7) is 12.3. The van der Waals surface area contributed by atoms with Crippen molar-refractivity contribution >= 4 is 23.8 Å². The normalized spacial score (nSPS) is 19.0. The number of alkyl halides is 2. The number of alkyl carbamates (subject to hydrolysis) is 1. The summed E-state index contributed by atoms with van der Waals surface area (Å²) in [6, 6.07) is 7.39. The predicted molar refractivity (Wildman–Crippen MR) is 156 cm³/mol. The van der Waals surface area contributed by atoms with Crippen molar-refractivity contribution in [2.24, 2.45) is 17.6 Å². The minimum Gasteiger partial charge on any atom is -0.469 e. The molecule has 0 bridgehead atoms. The number of ketones is 1. The van der Waals surface area contributed by atoms with Gasteiger partial charge in [0.1, 0.15) is 23.6 Å². The van der Waals surface area contributed by atoms with E-state index in [2.05, 4.69) is 15.4 Å². The molecule has 0 saturated heterocycles. The van der Waals surface area contributed by atoms with Crippen molar-refractivity contribution in [2.75, 3.05) is 7.11 Å². The molecule has 11 heteroatoms. The number of allylic oxidation sites excluding steroid dienone is 6. The van der Waals surface area contributed by atoms with E-state index in [-0.39, 0.29) is 22.7 Å². The molecule has 0 spiro atoms. The van der Waals surface area contributed by atoms with Crippen molar-refractivity contribution in [3.63, 3.8) is 0 Å². The Morgan fingerprint density at radius 2 is 1.69 bits per heavy atom. The van der Waals surface area contributed by atoms with Crippen LogP contribution in [0.1, 0.15) is 65.2 Å². The van der Waals surface area contributed by atoms with Gasteiger partial charge in [-0.15, -0.1) is 0 Å². The summed E-state index contributed by atoms with van der Waals surface area (Å²) in [6.07, 6.45) is 4.93. The zero-order valence-electron chi connectivity index (χ0n) is 25.3. The van der Waals surface area contributed by atoms with Gasteiger partial charge in [0, 0.05) is 11.4 Å². The van der Waals surface area contributed by atoms with Gasteiger partial charge in [-0.3, -0.25) is 19.7 Å². The lowest BCUT2D eigenvalue weighted by Gasteiger charge is -2.17. The molecule has 42 heavy (non-hydrogen) atoms. The molecule has 0 heterocycles. The maximum absolute atomic E-state index is 14.0. The van der Waals surface area contributed by atoms with E-state index in [0.717, 1.165) is 18.2 Å². The fraction of sp³-hybridized carbons (Fsp3) is 0.419. The molecule has 230 valence electrons.